The number of amides is 1. The largest absolute Gasteiger partial charge is 0.478 e. The van der Waals surface area contributed by atoms with Gasteiger partial charge in [-0.05, 0) is 18.1 Å². The monoisotopic (exact) mass is 345 g/mol. The standard InChI is InChI=1S/C17H19N3O5/c1-10(2)7-14-19-15(25-20-14)9-23-16(21)8-13-17(22)18-11-5-3-4-6-12(11)24-13/h3-6,10,13H,7-9H2,1-2H3,(H,18,22)/t13-/m1/s1. The van der Waals surface area contributed by atoms with Gasteiger partial charge >= 0.3 is 5.97 Å². The van der Waals surface area contributed by atoms with Gasteiger partial charge in [-0.25, -0.2) is 0 Å². The molecule has 0 radical (unpaired) electrons. The van der Waals surface area contributed by atoms with Gasteiger partial charge in [0.15, 0.2) is 18.5 Å². The number of rotatable bonds is 6. The maximum absolute atomic E-state index is 12.0. The Hall–Kier alpha value is -2.90. The normalized spacial score (nSPS) is 16.1. The zero-order chi connectivity index (χ0) is 17.8. The number of carbonyl (C=O) groups is 2. The Labute approximate surface area is 144 Å². The van der Waals surface area contributed by atoms with E-state index in [1.807, 2.05) is 13.8 Å². The van der Waals surface area contributed by atoms with Crippen LogP contribution in [0.2, 0.25) is 0 Å². The fraction of sp³-hybridized carbons (Fsp3) is 0.412. The molecule has 0 saturated carbocycles. The second-order valence-electron chi connectivity index (χ2n) is 6.16. The van der Waals surface area contributed by atoms with E-state index in [-0.39, 0.29) is 24.8 Å². The van der Waals surface area contributed by atoms with Gasteiger partial charge in [0.05, 0.1) is 12.1 Å². The minimum Gasteiger partial charge on any atom is -0.478 e. The average molecular weight is 345 g/mol. The summed E-state index contributed by atoms with van der Waals surface area (Å²) in [4.78, 5) is 28.1. The molecule has 8 heteroatoms. The number of hydrogen-bond donors (Lipinski definition) is 1. The molecule has 0 saturated heterocycles. The van der Waals surface area contributed by atoms with Gasteiger partial charge in [0.25, 0.3) is 11.8 Å². The topological polar surface area (TPSA) is 104 Å². The lowest BCUT2D eigenvalue weighted by molar-refractivity contribution is -0.149. The van der Waals surface area contributed by atoms with E-state index >= 15 is 0 Å². The highest BCUT2D eigenvalue weighted by molar-refractivity contribution is 5.99. The Kier molecular flexibility index (Phi) is 4.97. The first-order chi connectivity index (χ1) is 12.0. The SMILES string of the molecule is CC(C)Cc1noc(COC(=O)C[C@H]2Oc3ccccc3NC2=O)n1. The summed E-state index contributed by atoms with van der Waals surface area (Å²) in [5.74, 6) is 0.764. The van der Waals surface area contributed by atoms with Gasteiger partial charge in [-0.2, -0.15) is 4.98 Å². The molecule has 0 unspecified atom stereocenters. The number of carbonyl (C=O) groups excluding carboxylic acids is 2. The van der Waals surface area contributed by atoms with Crippen LogP contribution in [0.4, 0.5) is 5.69 Å². The minimum atomic E-state index is -0.929. The Morgan fingerprint density at radius 1 is 1.36 bits per heavy atom. The van der Waals surface area contributed by atoms with Crippen LogP contribution in [0.3, 0.4) is 0 Å². The molecule has 0 fully saturated rings. The molecule has 0 bridgehead atoms. The number of ether oxygens (including phenoxy) is 2. The third-order valence-corrected chi connectivity index (χ3v) is 3.52. The van der Waals surface area contributed by atoms with Crippen molar-refractivity contribution in [3.8, 4) is 5.75 Å². The summed E-state index contributed by atoms with van der Waals surface area (Å²) in [6.07, 6.45) is -0.443. The summed E-state index contributed by atoms with van der Waals surface area (Å²) in [6.45, 7) is 3.96. The number of para-hydroxylation sites is 2. The maximum atomic E-state index is 12.0. The molecule has 1 amide bonds. The van der Waals surface area contributed by atoms with Gasteiger partial charge < -0.3 is 19.3 Å². The fourth-order valence-corrected chi connectivity index (χ4v) is 2.38. The van der Waals surface area contributed by atoms with Crippen molar-refractivity contribution in [2.45, 2.75) is 39.4 Å². The molecule has 3 rings (SSSR count). The lowest BCUT2D eigenvalue weighted by Gasteiger charge is -2.24. The number of nitrogens with zero attached hydrogens (tertiary/aromatic N) is 2. The van der Waals surface area contributed by atoms with E-state index in [0.29, 0.717) is 29.6 Å². The number of benzene rings is 1. The lowest BCUT2D eigenvalue weighted by Crippen LogP contribution is -2.38. The number of aromatic nitrogens is 2. The summed E-state index contributed by atoms with van der Waals surface area (Å²) >= 11 is 0. The number of hydrogen-bond acceptors (Lipinski definition) is 7. The number of anilines is 1. The van der Waals surface area contributed by atoms with Gasteiger partial charge in [-0.3, -0.25) is 9.59 Å². The molecule has 1 aliphatic heterocycles. The molecule has 1 aliphatic rings. The predicted molar refractivity (Wildman–Crippen MR) is 86.7 cm³/mol. The van der Waals surface area contributed by atoms with Crippen LogP contribution >= 0.6 is 0 Å². The quantitative estimate of drug-likeness (QED) is 0.800. The molecule has 2 heterocycles. The van der Waals surface area contributed by atoms with Crippen LogP contribution in [0.1, 0.15) is 32.0 Å². The van der Waals surface area contributed by atoms with Gasteiger partial charge in [0, 0.05) is 6.42 Å². The number of esters is 1. The van der Waals surface area contributed by atoms with Crippen molar-refractivity contribution in [1.82, 2.24) is 10.1 Å². The van der Waals surface area contributed by atoms with Gasteiger partial charge in [0.2, 0.25) is 0 Å². The van der Waals surface area contributed by atoms with E-state index in [9.17, 15) is 9.59 Å². The van der Waals surface area contributed by atoms with Crippen molar-refractivity contribution < 1.29 is 23.6 Å². The average Bonchev–Trinajstić information content (AvgIpc) is 3.00. The zero-order valence-corrected chi connectivity index (χ0v) is 14.0. The third-order valence-electron chi connectivity index (χ3n) is 3.52. The van der Waals surface area contributed by atoms with Crippen molar-refractivity contribution in [3.05, 3.63) is 36.0 Å². The maximum Gasteiger partial charge on any atom is 0.310 e. The molecule has 0 aliphatic carbocycles. The third kappa shape index (κ3) is 4.34. The summed E-state index contributed by atoms with van der Waals surface area (Å²) in [7, 11) is 0. The molecule has 1 atom stereocenters. The van der Waals surface area contributed by atoms with Crippen LogP contribution in [0.25, 0.3) is 0 Å². The van der Waals surface area contributed by atoms with Crippen LogP contribution in [-0.2, 0) is 27.4 Å². The molecule has 2 aromatic rings. The Morgan fingerprint density at radius 3 is 2.96 bits per heavy atom. The molecular weight excluding hydrogens is 326 g/mol. The highest BCUT2D eigenvalue weighted by Gasteiger charge is 2.30. The predicted octanol–water partition coefficient (Wildman–Crippen LogP) is 2.10. The van der Waals surface area contributed by atoms with Crippen LogP contribution in [0.15, 0.2) is 28.8 Å². The highest BCUT2D eigenvalue weighted by atomic mass is 16.6. The molecule has 8 nitrogen and oxygen atoms in total. The Morgan fingerprint density at radius 2 is 2.16 bits per heavy atom. The van der Waals surface area contributed by atoms with Crippen LogP contribution in [0.5, 0.6) is 5.75 Å². The number of fused-ring (bicyclic) bond motifs is 1. The summed E-state index contributed by atoms with van der Waals surface area (Å²) in [6, 6.07) is 7.03. The van der Waals surface area contributed by atoms with Crippen molar-refractivity contribution in [3.63, 3.8) is 0 Å². The highest BCUT2D eigenvalue weighted by Crippen LogP contribution is 2.29. The molecule has 132 valence electrons. The van der Waals surface area contributed by atoms with Gasteiger partial charge in [-0.1, -0.05) is 31.1 Å². The fourth-order valence-electron chi connectivity index (χ4n) is 2.38. The van der Waals surface area contributed by atoms with E-state index < -0.39 is 12.1 Å². The Bertz CT molecular complexity index is 771. The van der Waals surface area contributed by atoms with E-state index in [4.69, 9.17) is 14.0 Å². The first-order valence-corrected chi connectivity index (χ1v) is 8.05. The lowest BCUT2D eigenvalue weighted by atomic mass is 10.1. The summed E-state index contributed by atoms with van der Waals surface area (Å²) in [5.41, 5.74) is 0.584. The van der Waals surface area contributed by atoms with Crippen molar-refractivity contribution in [1.29, 1.82) is 0 Å². The molecular formula is C17H19N3O5. The van der Waals surface area contributed by atoms with E-state index in [0.717, 1.165) is 0 Å². The van der Waals surface area contributed by atoms with Crippen LogP contribution in [0, 0.1) is 5.92 Å². The molecule has 0 spiro atoms. The minimum absolute atomic E-state index is 0.130. The first kappa shape index (κ1) is 16.9. The van der Waals surface area contributed by atoms with E-state index in [2.05, 4.69) is 15.5 Å². The second kappa shape index (κ2) is 7.33. The van der Waals surface area contributed by atoms with Crippen molar-refractivity contribution in [2.75, 3.05) is 5.32 Å². The smallest absolute Gasteiger partial charge is 0.310 e. The van der Waals surface area contributed by atoms with Crippen LogP contribution < -0.4 is 10.1 Å². The van der Waals surface area contributed by atoms with E-state index in [1.54, 1.807) is 24.3 Å². The molecule has 25 heavy (non-hydrogen) atoms. The first-order valence-electron chi connectivity index (χ1n) is 8.05. The summed E-state index contributed by atoms with van der Waals surface area (Å²) < 4.78 is 15.7. The molecule has 1 aromatic heterocycles. The summed E-state index contributed by atoms with van der Waals surface area (Å²) in [5, 5.41) is 6.52. The number of nitrogens with one attached hydrogen (secondary N) is 1. The second-order valence-corrected chi connectivity index (χ2v) is 6.16. The Balaban J connectivity index is 1.51. The van der Waals surface area contributed by atoms with Crippen molar-refractivity contribution >= 4 is 17.6 Å². The van der Waals surface area contributed by atoms with Gasteiger partial charge in [0.1, 0.15) is 5.75 Å². The van der Waals surface area contributed by atoms with Crippen LogP contribution in [-0.4, -0.2) is 28.1 Å². The zero-order valence-electron chi connectivity index (χ0n) is 14.0. The molecule has 1 N–H and O–H groups in total. The molecule has 1 aromatic carbocycles. The van der Waals surface area contributed by atoms with Gasteiger partial charge in [-0.15, -0.1) is 0 Å². The van der Waals surface area contributed by atoms with Crippen molar-refractivity contribution in [2.24, 2.45) is 5.92 Å². The van der Waals surface area contributed by atoms with E-state index in [1.165, 1.54) is 0 Å².